The van der Waals surface area contributed by atoms with Crippen molar-refractivity contribution < 1.29 is 14.3 Å². The highest BCUT2D eigenvalue weighted by molar-refractivity contribution is 7.98. The van der Waals surface area contributed by atoms with Crippen molar-refractivity contribution in [1.29, 1.82) is 0 Å². The van der Waals surface area contributed by atoms with Crippen LogP contribution in [0.25, 0.3) is 0 Å². The Morgan fingerprint density at radius 2 is 2.24 bits per heavy atom. The lowest BCUT2D eigenvalue weighted by molar-refractivity contribution is -0.124. The number of carbonyl (C=O) groups excluding carboxylic acids is 1. The molecule has 0 saturated carbocycles. The average molecular weight is 252 g/mol. The maximum absolute atomic E-state index is 11.7. The van der Waals surface area contributed by atoms with Crippen molar-refractivity contribution in [2.45, 2.75) is 11.3 Å². The third-order valence-corrected chi connectivity index (χ3v) is 3.57. The zero-order valence-electron chi connectivity index (χ0n) is 9.85. The second kappa shape index (κ2) is 6.07. The number of Topliss-reactive ketones (excluding diaryl/α,β-unsaturated/α-hetero) is 1. The number of rotatable bonds is 5. The number of thioether (sulfide) groups is 1. The number of ether oxygens (including phenoxy) is 2. The van der Waals surface area contributed by atoms with Crippen molar-refractivity contribution in [1.82, 2.24) is 0 Å². The number of ketones is 1. The lowest BCUT2D eigenvalue weighted by atomic mass is 10.0. The molecule has 0 bridgehead atoms. The van der Waals surface area contributed by atoms with Crippen LogP contribution >= 0.6 is 11.8 Å². The predicted molar refractivity (Wildman–Crippen MR) is 67.7 cm³/mol. The van der Waals surface area contributed by atoms with Crippen LogP contribution in [0, 0.1) is 5.92 Å². The van der Waals surface area contributed by atoms with Gasteiger partial charge in [-0.2, -0.15) is 0 Å². The van der Waals surface area contributed by atoms with Gasteiger partial charge in [0.1, 0.15) is 12.4 Å². The molecule has 0 spiro atoms. The van der Waals surface area contributed by atoms with Gasteiger partial charge in [0.2, 0.25) is 0 Å². The Hall–Kier alpha value is -1.00. The summed E-state index contributed by atoms with van der Waals surface area (Å²) < 4.78 is 10.6. The quantitative estimate of drug-likeness (QED) is 0.754. The van der Waals surface area contributed by atoms with E-state index in [4.69, 9.17) is 9.47 Å². The van der Waals surface area contributed by atoms with Crippen LogP contribution in [0.2, 0.25) is 0 Å². The summed E-state index contributed by atoms with van der Waals surface area (Å²) in [5.74, 6) is 0.909. The van der Waals surface area contributed by atoms with Gasteiger partial charge in [0, 0.05) is 17.4 Å². The minimum absolute atomic E-state index is 0.0282. The largest absolute Gasteiger partial charge is 0.486 e. The standard InChI is InChI=1S/C13H16O3S/c1-17-12-4-2-11(3-5-12)16-9-13(14)10-6-7-15-8-10/h2-5,10H,6-9H2,1H3. The first-order valence-electron chi connectivity index (χ1n) is 5.67. The van der Waals surface area contributed by atoms with E-state index in [1.165, 1.54) is 4.90 Å². The summed E-state index contributed by atoms with van der Waals surface area (Å²) in [5.41, 5.74) is 0. The van der Waals surface area contributed by atoms with E-state index in [9.17, 15) is 4.79 Å². The molecular formula is C13H16O3S. The van der Waals surface area contributed by atoms with Gasteiger partial charge in [0.15, 0.2) is 5.78 Å². The minimum atomic E-state index is 0.0282. The van der Waals surface area contributed by atoms with Gasteiger partial charge in [-0.05, 0) is 36.9 Å². The van der Waals surface area contributed by atoms with Crippen LogP contribution in [0.5, 0.6) is 5.75 Å². The number of hydrogen-bond donors (Lipinski definition) is 0. The fourth-order valence-corrected chi connectivity index (χ4v) is 2.14. The molecule has 1 aromatic carbocycles. The fraction of sp³-hybridized carbons (Fsp3) is 0.462. The molecule has 1 fully saturated rings. The summed E-state index contributed by atoms with van der Waals surface area (Å²) in [6.07, 6.45) is 2.85. The summed E-state index contributed by atoms with van der Waals surface area (Å²) >= 11 is 1.68. The van der Waals surface area contributed by atoms with Crippen LogP contribution < -0.4 is 4.74 Å². The van der Waals surface area contributed by atoms with Crippen LogP contribution in [0.4, 0.5) is 0 Å². The fourth-order valence-electron chi connectivity index (χ4n) is 1.73. The SMILES string of the molecule is CSc1ccc(OCC(=O)C2CCOC2)cc1. The Morgan fingerprint density at radius 1 is 1.47 bits per heavy atom. The molecule has 1 aliphatic heterocycles. The molecule has 2 rings (SSSR count). The first-order chi connectivity index (χ1) is 8.29. The van der Waals surface area contributed by atoms with Gasteiger partial charge in [0.25, 0.3) is 0 Å². The van der Waals surface area contributed by atoms with Crippen LogP contribution in [-0.2, 0) is 9.53 Å². The summed E-state index contributed by atoms with van der Waals surface area (Å²) in [4.78, 5) is 12.9. The topological polar surface area (TPSA) is 35.5 Å². The normalized spacial score (nSPS) is 19.2. The van der Waals surface area contributed by atoms with Crippen LogP contribution in [0.15, 0.2) is 29.2 Å². The van der Waals surface area contributed by atoms with Crippen LogP contribution in [0.1, 0.15) is 6.42 Å². The highest BCUT2D eigenvalue weighted by Crippen LogP contribution is 2.19. The Kier molecular flexibility index (Phi) is 4.45. The van der Waals surface area contributed by atoms with E-state index in [-0.39, 0.29) is 18.3 Å². The number of hydrogen-bond acceptors (Lipinski definition) is 4. The van der Waals surface area contributed by atoms with Crippen molar-refractivity contribution in [3.05, 3.63) is 24.3 Å². The van der Waals surface area contributed by atoms with Crippen molar-refractivity contribution in [2.24, 2.45) is 5.92 Å². The maximum Gasteiger partial charge on any atom is 0.175 e. The second-order valence-electron chi connectivity index (χ2n) is 3.99. The Bertz CT molecular complexity index is 369. The molecule has 0 aliphatic carbocycles. The molecule has 0 N–H and O–H groups in total. The summed E-state index contributed by atoms with van der Waals surface area (Å²) in [5, 5.41) is 0. The molecule has 1 aliphatic rings. The van der Waals surface area contributed by atoms with Gasteiger partial charge >= 0.3 is 0 Å². The van der Waals surface area contributed by atoms with E-state index in [1.54, 1.807) is 11.8 Å². The molecule has 0 aromatic heterocycles. The van der Waals surface area contributed by atoms with E-state index < -0.39 is 0 Å². The molecule has 4 heteroatoms. The maximum atomic E-state index is 11.7. The smallest absolute Gasteiger partial charge is 0.175 e. The van der Waals surface area contributed by atoms with Crippen LogP contribution in [-0.4, -0.2) is 31.9 Å². The zero-order valence-corrected chi connectivity index (χ0v) is 10.7. The molecule has 1 aromatic rings. The van der Waals surface area contributed by atoms with Crippen LogP contribution in [0.3, 0.4) is 0 Å². The van der Waals surface area contributed by atoms with E-state index in [0.717, 1.165) is 12.2 Å². The van der Waals surface area contributed by atoms with E-state index in [0.29, 0.717) is 13.2 Å². The summed E-state index contributed by atoms with van der Waals surface area (Å²) in [6, 6.07) is 7.76. The number of benzene rings is 1. The van der Waals surface area contributed by atoms with Crippen molar-refractivity contribution >= 4 is 17.5 Å². The van der Waals surface area contributed by atoms with Gasteiger partial charge in [0.05, 0.1) is 6.61 Å². The van der Waals surface area contributed by atoms with E-state index in [2.05, 4.69) is 0 Å². The molecule has 0 radical (unpaired) electrons. The van der Waals surface area contributed by atoms with Crippen molar-refractivity contribution in [3.63, 3.8) is 0 Å². The second-order valence-corrected chi connectivity index (χ2v) is 4.87. The Balaban J connectivity index is 1.82. The molecule has 3 nitrogen and oxygen atoms in total. The Labute approximate surface area is 105 Å². The van der Waals surface area contributed by atoms with E-state index in [1.807, 2.05) is 30.5 Å². The first kappa shape index (κ1) is 12.5. The number of carbonyl (C=O) groups is 1. The predicted octanol–water partition coefficient (Wildman–Crippen LogP) is 2.39. The lowest BCUT2D eigenvalue weighted by Crippen LogP contribution is -2.21. The van der Waals surface area contributed by atoms with Gasteiger partial charge < -0.3 is 9.47 Å². The molecule has 17 heavy (non-hydrogen) atoms. The van der Waals surface area contributed by atoms with E-state index >= 15 is 0 Å². The van der Waals surface area contributed by atoms with Gasteiger partial charge in [-0.15, -0.1) is 11.8 Å². The average Bonchev–Trinajstić information content (AvgIpc) is 2.90. The van der Waals surface area contributed by atoms with Gasteiger partial charge in [-0.1, -0.05) is 0 Å². The molecule has 1 unspecified atom stereocenters. The van der Waals surface area contributed by atoms with Crippen molar-refractivity contribution in [3.8, 4) is 5.75 Å². The molecule has 1 heterocycles. The first-order valence-corrected chi connectivity index (χ1v) is 6.89. The van der Waals surface area contributed by atoms with Gasteiger partial charge in [-0.25, -0.2) is 0 Å². The Morgan fingerprint density at radius 3 is 2.82 bits per heavy atom. The summed E-state index contributed by atoms with van der Waals surface area (Å²) in [7, 11) is 0. The highest BCUT2D eigenvalue weighted by atomic mass is 32.2. The lowest BCUT2D eigenvalue weighted by Gasteiger charge is -2.09. The van der Waals surface area contributed by atoms with Crippen molar-refractivity contribution in [2.75, 3.05) is 26.1 Å². The molecular weight excluding hydrogens is 236 g/mol. The third-order valence-electron chi connectivity index (χ3n) is 2.83. The molecule has 1 saturated heterocycles. The molecule has 1 atom stereocenters. The highest BCUT2D eigenvalue weighted by Gasteiger charge is 2.23. The third kappa shape index (κ3) is 3.48. The molecule has 0 amide bonds. The zero-order chi connectivity index (χ0) is 12.1. The van der Waals surface area contributed by atoms with Gasteiger partial charge in [-0.3, -0.25) is 4.79 Å². The molecule has 92 valence electrons. The minimum Gasteiger partial charge on any atom is -0.486 e. The monoisotopic (exact) mass is 252 g/mol. The summed E-state index contributed by atoms with van der Waals surface area (Å²) in [6.45, 7) is 1.39.